The minimum atomic E-state index is 0.477. The second-order valence-electron chi connectivity index (χ2n) is 4.10. The third-order valence-electron chi connectivity index (χ3n) is 2.38. The highest BCUT2D eigenvalue weighted by atomic mass is 79.9. The van der Waals surface area contributed by atoms with E-state index in [0.717, 1.165) is 33.5 Å². The molecule has 0 aliphatic carbocycles. The fourth-order valence-corrected chi connectivity index (χ4v) is 2.07. The van der Waals surface area contributed by atoms with Crippen LogP contribution in [-0.2, 0) is 6.54 Å². The normalized spacial score (nSPS) is 10.2. The summed E-state index contributed by atoms with van der Waals surface area (Å²) >= 11 is 3.49. The first-order valence-corrected chi connectivity index (χ1v) is 6.80. The first-order chi connectivity index (χ1) is 8.58. The van der Waals surface area contributed by atoms with Gasteiger partial charge in [-0.25, -0.2) is 0 Å². The van der Waals surface area contributed by atoms with E-state index in [9.17, 15) is 0 Å². The molecular weight excluding hydrogens is 294 g/mol. The summed E-state index contributed by atoms with van der Waals surface area (Å²) in [7, 11) is 0. The first kappa shape index (κ1) is 15.1. The van der Waals surface area contributed by atoms with Crippen molar-refractivity contribution in [2.45, 2.75) is 26.8 Å². The van der Waals surface area contributed by atoms with E-state index in [1.54, 1.807) is 0 Å². The molecule has 0 spiro atoms. The van der Waals surface area contributed by atoms with Gasteiger partial charge in [0.25, 0.3) is 0 Å². The Labute approximate surface area is 117 Å². The van der Waals surface area contributed by atoms with Gasteiger partial charge in [0.05, 0.1) is 17.7 Å². The molecule has 0 unspecified atom stereocenters. The average molecular weight is 314 g/mol. The second kappa shape index (κ2) is 7.44. The molecule has 0 saturated carbocycles. The summed E-state index contributed by atoms with van der Waals surface area (Å²) in [5, 5.41) is 0. The van der Waals surface area contributed by atoms with Gasteiger partial charge in [-0.05, 0) is 47.5 Å². The van der Waals surface area contributed by atoms with E-state index in [0.29, 0.717) is 19.8 Å². The van der Waals surface area contributed by atoms with Crippen molar-refractivity contribution in [1.29, 1.82) is 0 Å². The van der Waals surface area contributed by atoms with E-state index in [1.165, 1.54) is 0 Å². The van der Waals surface area contributed by atoms with Crippen molar-refractivity contribution >= 4 is 15.9 Å². The summed E-state index contributed by atoms with van der Waals surface area (Å²) < 4.78 is 12.2. The van der Waals surface area contributed by atoms with E-state index < -0.39 is 0 Å². The first-order valence-electron chi connectivity index (χ1n) is 6.01. The molecule has 0 heterocycles. The zero-order valence-electron chi connectivity index (χ0n) is 11.0. The van der Waals surface area contributed by atoms with Gasteiger partial charge in [0, 0.05) is 13.0 Å². The Morgan fingerprint density at radius 2 is 2.11 bits per heavy atom. The summed E-state index contributed by atoms with van der Waals surface area (Å²) in [6, 6.07) is 3.88. The van der Waals surface area contributed by atoms with E-state index >= 15 is 0 Å². The van der Waals surface area contributed by atoms with Gasteiger partial charge in [0.1, 0.15) is 0 Å². The van der Waals surface area contributed by atoms with Crippen molar-refractivity contribution in [3.63, 3.8) is 0 Å². The van der Waals surface area contributed by atoms with Gasteiger partial charge in [0.15, 0.2) is 11.5 Å². The van der Waals surface area contributed by atoms with E-state index in [1.807, 2.05) is 26.0 Å². The lowest BCUT2D eigenvalue weighted by molar-refractivity contribution is 0.277. The zero-order chi connectivity index (χ0) is 13.5. The summed E-state index contributed by atoms with van der Waals surface area (Å²) in [4.78, 5) is 0. The number of ether oxygens (including phenoxy) is 2. The highest BCUT2D eigenvalue weighted by molar-refractivity contribution is 9.10. The molecule has 1 rings (SSSR count). The smallest absolute Gasteiger partial charge is 0.175 e. The van der Waals surface area contributed by atoms with Crippen LogP contribution in [0.5, 0.6) is 11.5 Å². The number of rotatable bonds is 7. The standard InChI is InChI=1S/C14H20BrNO2/c1-4-17-13-8-11(9-16)7-12(15)14(13)18-6-5-10(2)3/h7-8H,2,4-6,9,16H2,1,3H3. The highest BCUT2D eigenvalue weighted by Gasteiger charge is 2.11. The van der Waals surface area contributed by atoms with Crippen molar-refractivity contribution in [1.82, 2.24) is 0 Å². The predicted molar refractivity (Wildman–Crippen MR) is 78.1 cm³/mol. The van der Waals surface area contributed by atoms with Gasteiger partial charge in [0.2, 0.25) is 0 Å². The van der Waals surface area contributed by atoms with E-state index in [2.05, 4.69) is 22.5 Å². The molecule has 0 aliphatic rings. The van der Waals surface area contributed by atoms with Gasteiger partial charge < -0.3 is 15.2 Å². The molecule has 0 atom stereocenters. The lowest BCUT2D eigenvalue weighted by atomic mass is 10.2. The fraction of sp³-hybridized carbons (Fsp3) is 0.429. The zero-order valence-corrected chi connectivity index (χ0v) is 12.5. The molecule has 3 nitrogen and oxygen atoms in total. The van der Waals surface area contributed by atoms with Crippen LogP contribution in [0.25, 0.3) is 0 Å². The van der Waals surface area contributed by atoms with Crippen molar-refractivity contribution in [3.05, 3.63) is 34.3 Å². The topological polar surface area (TPSA) is 44.5 Å². The molecule has 0 radical (unpaired) electrons. The molecule has 2 N–H and O–H groups in total. The lowest BCUT2D eigenvalue weighted by Gasteiger charge is -2.15. The van der Waals surface area contributed by atoms with Gasteiger partial charge >= 0.3 is 0 Å². The maximum absolute atomic E-state index is 5.76. The third kappa shape index (κ3) is 4.35. The van der Waals surface area contributed by atoms with Crippen LogP contribution < -0.4 is 15.2 Å². The van der Waals surface area contributed by atoms with Gasteiger partial charge in [-0.3, -0.25) is 0 Å². The Morgan fingerprint density at radius 3 is 2.67 bits per heavy atom. The Morgan fingerprint density at radius 1 is 1.39 bits per heavy atom. The van der Waals surface area contributed by atoms with E-state index in [4.69, 9.17) is 15.2 Å². The molecule has 4 heteroatoms. The lowest BCUT2D eigenvalue weighted by Crippen LogP contribution is -2.04. The SMILES string of the molecule is C=C(C)CCOc1c(Br)cc(CN)cc1OCC. The minimum Gasteiger partial charge on any atom is -0.490 e. The van der Waals surface area contributed by atoms with Crippen LogP contribution in [0.15, 0.2) is 28.8 Å². The van der Waals surface area contributed by atoms with Crippen LogP contribution in [0.2, 0.25) is 0 Å². The van der Waals surface area contributed by atoms with Crippen molar-refractivity contribution in [3.8, 4) is 11.5 Å². The van der Waals surface area contributed by atoms with Crippen LogP contribution >= 0.6 is 15.9 Å². The average Bonchev–Trinajstić information content (AvgIpc) is 2.32. The van der Waals surface area contributed by atoms with Crippen molar-refractivity contribution < 1.29 is 9.47 Å². The summed E-state index contributed by atoms with van der Waals surface area (Å²) in [6.07, 6.45) is 0.830. The molecule has 0 aromatic heterocycles. The summed E-state index contributed by atoms with van der Waals surface area (Å²) in [5.74, 6) is 1.46. The number of nitrogens with two attached hydrogens (primary N) is 1. The highest BCUT2D eigenvalue weighted by Crippen LogP contribution is 2.37. The Hall–Kier alpha value is -1.00. The molecule has 1 aromatic carbocycles. The maximum Gasteiger partial charge on any atom is 0.175 e. The second-order valence-corrected chi connectivity index (χ2v) is 4.95. The van der Waals surface area contributed by atoms with Gasteiger partial charge in [-0.1, -0.05) is 5.57 Å². The molecule has 0 amide bonds. The largest absolute Gasteiger partial charge is 0.490 e. The van der Waals surface area contributed by atoms with Gasteiger partial charge in [-0.2, -0.15) is 0 Å². The molecular formula is C14H20BrNO2. The third-order valence-corrected chi connectivity index (χ3v) is 2.97. The van der Waals surface area contributed by atoms with E-state index in [-0.39, 0.29) is 0 Å². The van der Waals surface area contributed by atoms with Crippen LogP contribution in [-0.4, -0.2) is 13.2 Å². The van der Waals surface area contributed by atoms with Crippen LogP contribution in [0.1, 0.15) is 25.8 Å². The Kier molecular flexibility index (Phi) is 6.22. The Balaban J connectivity index is 2.89. The molecule has 0 bridgehead atoms. The van der Waals surface area contributed by atoms with Crippen LogP contribution in [0.3, 0.4) is 0 Å². The monoisotopic (exact) mass is 313 g/mol. The fourth-order valence-electron chi connectivity index (χ4n) is 1.47. The molecule has 1 aromatic rings. The van der Waals surface area contributed by atoms with Crippen molar-refractivity contribution in [2.24, 2.45) is 5.73 Å². The predicted octanol–water partition coefficient (Wildman–Crippen LogP) is 3.65. The number of hydrogen-bond donors (Lipinski definition) is 1. The molecule has 18 heavy (non-hydrogen) atoms. The Bertz CT molecular complexity index is 419. The molecule has 0 fully saturated rings. The van der Waals surface area contributed by atoms with Crippen molar-refractivity contribution in [2.75, 3.05) is 13.2 Å². The number of benzene rings is 1. The molecule has 0 saturated heterocycles. The number of hydrogen-bond acceptors (Lipinski definition) is 3. The summed E-state index contributed by atoms with van der Waals surface area (Å²) in [6.45, 7) is 9.45. The minimum absolute atomic E-state index is 0.477. The molecule has 100 valence electrons. The van der Waals surface area contributed by atoms with Gasteiger partial charge in [-0.15, -0.1) is 6.58 Å². The maximum atomic E-state index is 5.76. The van der Waals surface area contributed by atoms with Crippen LogP contribution in [0.4, 0.5) is 0 Å². The number of halogens is 1. The summed E-state index contributed by atoms with van der Waals surface area (Å²) in [5.41, 5.74) is 7.76. The molecule has 0 aliphatic heterocycles. The quantitative estimate of drug-likeness (QED) is 0.781. The van der Waals surface area contributed by atoms with Crippen LogP contribution in [0, 0.1) is 0 Å².